The van der Waals surface area contributed by atoms with Crippen LogP contribution in [0.1, 0.15) is 22.8 Å². The van der Waals surface area contributed by atoms with E-state index in [2.05, 4.69) is 10.3 Å². The van der Waals surface area contributed by atoms with E-state index in [1.165, 1.54) is 0 Å². The Balaban J connectivity index is 1.36. The van der Waals surface area contributed by atoms with Gasteiger partial charge in [-0.25, -0.2) is 4.79 Å². The summed E-state index contributed by atoms with van der Waals surface area (Å²) >= 11 is 0. The van der Waals surface area contributed by atoms with Crippen LogP contribution < -0.4 is 10.1 Å². The number of carbonyl (C=O) groups is 2. The zero-order valence-corrected chi connectivity index (χ0v) is 17.8. The zero-order valence-electron chi connectivity index (χ0n) is 17.8. The quantitative estimate of drug-likeness (QED) is 0.315. The van der Waals surface area contributed by atoms with Crippen LogP contribution in [0.3, 0.4) is 0 Å². The van der Waals surface area contributed by atoms with Crippen molar-refractivity contribution >= 4 is 22.8 Å². The van der Waals surface area contributed by atoms with Crippen molar-refractivity contribution in [2.45, 2.75) is 25.2 Å². The SMILES string of the molecule is O=C(O)C(Cc1ccccc1)NC(=O)C(O)c1ccc(OCc2cccc3[nH]ccc23)cc1. The Bertz CT molecular complexity index is 1230. The molecule has 0 saturated heterocycles. The van der Waals surface area contributed by atoms with Crippen molar-refractivity contribution in [1.82, 2.24) is 10.3 Å². The molecule has 2 atom stereocenters. The Kier molecular flexibility index (Phi) is 6.71. The van der Waals surface area contributed by atoms with E-state index >= 15 is 0 Å². The number of aromatic amines is 1. The van der Waals surface area contributed by atoms with Gasteiger partial charge in [0, 0.05) is 23.5 Å². The Labute approximate surface area is 190 Å². The lowest BCUT2D eigenvalue weighted by molar-refractivity contribution is -0.143. The molecule has 0 radical (unpaired) electrons. The molecule has 33 heavy (non-hydrogen) atoms. The Hall–Kier alpha value is -4.10. The van der Waals surface area contributed by atoms with E-state index in [4.69, 9.17) is 4.74 Å². The minimum absolute atomic E-state index is 0.120. The standard InChI is InChI=1S/C26H24N2O5/c29-24(25(30)28-23(26(31)32)15-17-5-2-1-3-6-17)18-9-11-20(12-10-18)33-16-19-7-4-8-22-21(19)13-14-27-22/h1-14,23-24,27,29H,15-16H2,(H,28,30)(H,31,32). The fraction of sp³-hybridized carbons (Fsp3) is 0.154. The van der Waals surface area contributed by atoms with E-state index < -0.39 is 24.0 Å². The molecule has 0 bridgehead atoms. The summed E-state index contributed by atoms with van der Waals surface area (Å²) in [4.78, 5) is 27.2. The van der Waals surface area contributed by atoms with E-state index in [1.54, 1.807) is 48.5 Å². The van der Waals surface area contributed by atoms with Gasteiger partial charge in [-0.1, -0.05) is 54.6 Å². The Morgan fingerprint density at radius 1 is 0.939 bits per heavy atom. The molecule has 4 rings (SSSR count). The number of aliphatic carboxylic acids is 1. The monoisotopic (exact) mass is 444 g/mol. The normalized spacial score (nSPS) is 12.8. The molecule has 7 nitrogen and oxygen atoms in total. The predicted octanol–water partition coefficient (Wildman–Crippen LogP) is 3.59. The summed E-state index contributed by atoms with van der Waals surface area (Å²) in [6, 6.07) is 22.3. The smallest absolute Gasteiger partial charge is 0.326 e. The van der Waals surface area contributed by atoms with E-state index in [0.29, 0.717) is 17.9 Å². The highest BCUT2D eigenvalue weighted by atomic mass is 16.5. The van der Waals surface area contributed by atoms with E-state index in [9.17, 15) is 19.8 Å². The molecule has 0 aliphatic rings. The maximum absolute atomic E-state index is 12.5. The van der Waals surface area contributed by atoms with Crippen LogP contribution in [0.25, 0.3) is 10.9 Å². The molecule has 0 spiro atoms. The summed E-state index contributed by atoms with van der Waals surface area (Å²) in [5.41, 5.74) is 3.19. The molecule has 4 N–H and O–H groups in total. The van der Waals surface area contributed by atoms with Gasteiger partial charge in [-0.2, -0.15) is 0 Å². The van der Waals surface area contributed by atoms with Gasteiger partial charge in [0.2, 0.25) is 0 Å². The molecule has 0 aliphatic carbocycles. The third-order valence-corrected chi connectivity index (χ3v) is 5.42. The number of rotatable bonds is 9. The maximum Gasteiger partial charge on any atom is 0.326 e. The first-order valence-electron chi connectivity index (χ1n) is 10.5. The minimum Gasteiger partial charge on any atom is -0.489 e. The first-order chi connectivity index (χ1) is 16.0. The maximum atomic E-state index is 12.5. The molecule has 0 fully saturated rings. The molecular formula is C26H24N2O5. The largest absolute Gasteiger partial charge is 0.489 e. The van der Waals surface area contributed by atoms with Crippen molar-refractivity contribution in [3.05, 3.63) is 102 Å². The number of carbonyl (C=O) groups excluding carboxylic acids is 1. The second kappa shape index (κ2) is 10.0. The molecule has 0 saturated carbocycles. The molecule has 1 heterocycles. The van der Waals surface area contributed by atoms with Crippen LogP contribution in [-0.2, 0) is 22.6 Å². The number of carboxylic acid groups (broad SMARTS) is 1. The molecular weight excluding hydrogens is 420 g/mol. The summed E-state index contributed by atoms with van der Waals surface area (Å²) in [5.74, 6) is -1.35. The van der Waals surface area contributed by atoms with Gasteiger partial charge < -0.3 is 25.3 Å². The molecule has 1 aromatic heterocycles. The second-order valence-corrected chi connectivity index (χ2v) is 7.71. The minimum atomic E-state index is -1.50. The van der Waals surface area contributed by atoms with Crippen LogP contribution in [0, 0.1) is 0 Å². The summed E-state index contributed by atoms with van der Waals surface area (Å²) < 4.78 is 5.85. The number of nitrogens with one attached hydrogen (secondary N) is 2. The highest BCUT2D eigenvalue weighted by molar-refractivity contribution is 5.87. The zero-order chi connectivity index (χ0) is 23.2. The van der Waals surface area contributed by atoms with Crippen LogP contribution >= 0.6 is 0 Å². The number of fused-ring (bicyclic) bond motifs is 1. The third kappa shape index (κ3) is 5.39. The number of carboxylic acids is 1. The molecule has 4 aromatic rings. The van der Waals surface area contributed by atoms with E-state index in [1.807, 2.05) is 36.5 Å². The number of H-pyrrole nitrogens is 1. The predicted molar refractivity (Wildman–Crippen MR) is 124 cm³/mol. The average molecular weight is 444 g/mol. The summed E-state index contributed by atoms with van der Waals surface area (Å²) in [7, 11) is 0. The topological polar surface area (TPSA) is 112 Å². The number of aliphatic hydroxyl groups is 1. The lowest BCUT2D eigenvalue weighted by atomic mass is 10.0. The van der Waals surface area contributed by atoms with Crippen molar-refractivity contribution in [2.24, 2.45) is 0 Å². The van der Waals surface area contributed by atoms with Crippen LogP contribution in [0.15, 0.2) is 85.1 Å². The van der Waals surface area contributed by atoms with Gasteiger partial charge in [-0.05, 0) is 41.0 Å². The number of aromatic nitrogens is 1. The van der Waals surface area contributed by atoms with Gasteiger partial charge in [0.25, 0.3) is 5.91 Å². The first-order valence-corrected chi connectivity index (χ1v) is 10.5. The van der Waals surface area contributed by atoms with Crippen LogP contribution in [-0.4, -0.2) is 33.1 Å². The van der Waals surface area contributed by atoms with Crippen LogP contribution in [0.5, 0.6) is 5.75 Å². The number of hydrogen-bond donors (Lipinski definition) is 4. The lowest BCUT2D eigenvalue weighted by Gasteiger charge is -2.18. The number of aliphatic hydroxyl groups excluding tert-OH is 1. The van der Waals surface area contributed by atoms with E-state index in [-0.39, 0.29) is 6.42 Å². The number of ether oxygens (including phenoxy) is 1. The number of amides is 1. The Morgan fingerprint density at radius 2 is 1.70 bits per heavy atom. The fourth-order valence-electron chi connectivity index (χ4n) is 3.64. The van der Waals surface area contributed by atoms with Crippen LogP contribution in [0.2, 0.25) is 0 Å². The van der Waals surface area contributed by atoms with Crippen molar-refractivity contribution in [1.29, 1.82) is 0 Å². The highest BCUT2D eigenvalue weighted by Crippen LogP contribution is 2.22. The molecule has 3 aromatic carbocycles. The second-order valence-electron chi connectivity index (χ2n) is 7.71. The number of hydrogen-bond acceptors (Lipinski definition) is 4. The van der Waals surface area contributed by atoms with Gasteiger partial charge >= 0.3 is 5.97 Å². The van der Waals surface area contributed by atoms with Crippen molar-refractivity contribution in [3.8, 4) is 5.75 Å². The third-order valence-electron chi connectivity index (χ3n) is 5.42. The van der Waals surface area contributed by atoms with Crippen molar-refractivity contribution < 1.29 is 24.5 Å². The average Bonchev–Trinajstić information content (AvgIpc) is 3.32. The van der Waals surface area contributed by atoms with Gasteiger partial charge in [0.1, 0.15) is 18.4 Å². The molecule has 7 heteroatoms. The van der Waals surface area contributed by atoms with Crippen molar-refractivity contribution in [3.63, 3.8) is 0 Å². The summed E-state index contributed by atoms with van der Waals surface area (Å²) in [6.07, 6.45) is 0.504. The van der Waals surface area contributed by atoms with Crippen molar-refractivity contribution in [2.75, 3.05) is 0 Å². The summed E-state index contributed by atoms with van der Waals surface area (Å²) in [5, 5.41) is 23.4. The Morgan fingerprint density at radius 3 is 2.42 bits per heavy atom. The van der Waals surface area contributed by atoms with Gasteiger partial charge in [0.05, 0.1) is 0 Å². The van der Waals surface area contributed by atoms with Gasteiger partial charge in [0.15, 0.2) is 6.10 Å². The molecule has 168 valence electrons. The van der Waals surface area contributed by atoms with Gasteiger partial charge in [-0.3, -0.25) is 4.79 Å². The highest BCUT2D eigenvalue weighted by Gasteiger charge is 2.25. The molecule has 0 aliphatic heterocycles. The fourth-order valence-corrected chi connectivity index (χ4v) is 3.64. The van der Waals surface area contributed by atoms with E-state index in [0.717, 1.165) is 22.0 Å². The molecule has 1 amide bonds. The van der Waals surface area contributed by atoms with Gasteiger partial charge in [-0.15, -0.1) is 0 Å². The number of benzene rings is 3. The molecule has 2 unspecified atom stereocenters. The summed E-state index contributed by atoms with van der Waals surface area (Å²) in [6.45, 7) is 0.372. The lowest BCUT2D eigenvalue weighted by Crippen LogP contribution is -2.44. The first kappa shape index (κ1) is 22.1. The van der Waals surface area contributed by atoms with Crippen LogP contribution in [0.4, 0.5) is 0 Å².